The Bertz CT molecular complexity index is 973. The number of pyridine rings is 2. The average molecular weight is 376 g/mol. The van der Waals surface area contributed by atoms with E-state index in [9.17, 15) is 9.59 Å². The zero-order chi connectivity index (χ0) is 19.9. The minimum absolute atomic E-state index is 0.167. The van der Waals surface area contributed by atoms with Gasteiger partial charge in [-0.3, -0.25) is 19.6 Å². The molecule has 0 saturated heterocycles. The van der Waals surface area contributed by atoms with Crippen molar-refractivity contribution in [2.45, 2.75) is 13.3 Å². The van der Waals surface area contributed by atoms with E-state index in [2.05, 4.69) is 20.6 Å². The molecule has 28 heavy (non-hydrogen) atoms. The number of rotatable bonds is 6. The predicted octanol–water partition coefficient (Wildman–Crippen LogP) is 3.23. The molecule has 3 rings (SSSR count). The third kappa shape index (κ3) is 4.91. The molecule has 2 amide bonds. The van der Waals surface area contributed by atoms with Gasteiger partial charge in [0, 0.05) is 36.0 Å². The first-order valence-electron chi connectivity index (χ1n) is 8.66. The van der Waals surface area contributed by atoms with Gasteiger partial charge in [0.2, 0.25) is 5.91 Å². The minimum Gasteiger partial charge on any atom is -0.494 e. The van der Waals surface area contributed by atoms with E-state index in [1.165, 1.54) is 13.3 Å². The number of aryl methyl sites for hydroxylation is 1. The van der Waals surface area contributed by atoms with E-state index < -0.39 is 0 Å². The van der Waals surface area contributed by atoms with Gasteiger partial charge in [-0.25, -0.2) is 0 Å². The van der Waals surface area contributed by atoms with Gasteiger partial charge in [-0.2, -0.15) is 0 Å². The molecule has 0 radical (unpaired) electrons. The molecule has 0 aliphatic carbocycles. The summed E-state index contributed by atoms with van der Waals surface area (Å²) >= 11 is 0. The van der Waals surface area contributed by atoms with Crippen LogP contribution in [0.4, 0.5) is 11.4 Å². The molecule has 0 spiro atoms. The van der Waals surface area contributed by atoms with E-state index >= 15 is 0 Å². The molecule has 2 heterocycles. The van der Waals surface area contributed by atoms with Crippen LogP contribution in [0.15, 0.2) is 61.1 Å². The highest BCUT2D eigenvalue weighted by atomic mass is 16.5. The van der Waals surface area contributed by atoms with Crippen molar-refractivity contribution in [3.05, 3.63) is 77.9 Å². The minimum atomic E-state index is -0.296. The molecule has 2 N–H and O–H groups in total. The zero-order valence-electron chi connectivity index (χ0n) is 15.6. The number of hydrogen-bond donors (Lipinski definition) is 2. The summed E-state index contributed by atoms with van der Waals surface area (Å²) in [6, 6.07) is 12.1. The maximum Gasteiger partial charge on any atom is 0.257 e. The Morgan fingerprint density at radius 3 is 2.61 bits per heavy atom. The first-order chi connectivity index (χ1) is 13.5. The van der Waals surface area contributed by atoms with Crippen LogP contribution < -0.4 is 15.4 Å². The molecular formula is C21H20N4O3. The Morgan fingerprint density at radius 2 is 1.93 bits per heavy atom. The average Bonchev–Trinajstić information content (AvgIpc) is 2.71. The Balaban J connectivity index is 1.67. The maximum atomic E-state index is 12.3. The summed E-state index contributed by atoms with van der Waals surface area (Å²) in [6.45, 7) is 1.89. The monoisotopic (exact) mass is 376 g/mol. The van der Waals surface area contributed by atoms with E-state index in [0.717, 1.165) is 11.3 Å². The summed E-state index contributed by atoms with van der Waals surface area (Å²) in [5.74, 6) is -0.0260. The third-order valence-corrected chi connectivity index (χ3v) is 3.99. The number of benzene rings is 1. The number of hydrogen-bond acceptors (Lipinski definition) is 5. The van der Waals surface area contributed by atoms with Gasteiger partial charge in [0.25, 0.3) is 5.91 Å². The quantitative estimate of drug-likeness (QED) is 0.689. The number of aromatic nitrogens is 2. The smallest absolute Gasteiger partial charge is 0.257 e. The zero-order valence-corrected chi connectivity index (χ0v) is 15.6. The van der Waals surface area contributed by atoms with E-state index in [1.807, 2.05) is 19.1 Å². The van der Waals surface area contributed by atoms with Crippen LogP contribution in [-0.4, -0.2) is 28.9 Å². The van der Waals surface area contributed by atoms with Crippen LogP contribution in [0.25, 0.3) is 0 Å². The van der Waals surface area contributed by atoms with Crippen LogP contribution in [0.1, 0.15) is 21.6 Å². The van der Waals surface area contributed by atoms with Crippen molar-refractivity contribution in [2.75, 3.05) is 17.7 Å². The van der Waals surface area contributed by atoms with Gasteiger partial charge in [-0.05, 0) is 42.8 Å². The van der Waals surface area contributed by atoms with Crippen molar-refractivity contribution in [3.8, 4) is 5.75 Å². The van der Waals surface area contributed by atoms with Gasteiger partial charge in [0.05, 0.1) is 24.8 Å². The fourth-order valence-electron chi connectivity index (χ4n) is 2.56. The maximum absolute atomic E-state index is 12.3. The molecule has 0 saturated carbocycles. The van der Waals surface area contributed by atoms with Gasteiger partial charge in [0.15, 0.2) is 0 Å². The molecular weight excluding hydrogens is 356 g/mol. The fraction of sp³-hybridized carbons (Fsp3) is 0.143. The lowest BCUT2D eigenvalue weighted by atomic mass is 10.2. The molecule has 0 unspecified atom stereocenters. The second-order valence-corrected chi connectivity index (χ2v) is 6.14. The summed E-state index contributed by atoms with van der Waals surface area (Å²) in [7, 11) is 1.50. The largest absolute Gasteiger partial charge is 0.494 e. The third-order valence-electron chi connectivity index (χ3n) is 3.99. The molecule has 3 aromatic rings. The molecule has 0 atom stereocenters. The lowest BCUT2D eigenvalue weighted by Crippen LogP contribution is -2.15. The summed E-state index contributed by atoms with van der Waals surface area (Å²) in [6.07, 6.45) is 4.99. The van der Waals surface area contributed by atoms with Crippen LogP contribution in [0.2, 0.25) is 0 Å². The molecule has 0 fully saturated rings. The van der Waals surface area contributed by atoms with Crippen molar-refractivity contribution < 1.29 is 14.3 Å². The predicted molar refractivity (Wildman–Crippen MR) is 106 cm³/mol. The number of amides is 2. The van der Waals surface area contributed by atoms with Crippen LogP contribution >= 0.6 is 0 Å². The molecule has 1 aromatic carbocycles. The van der Waals surface area contributed by atoms with Crippen LogP contribution in [0.3, 0.4) is 0 Å². The number of carbonyl (C=O) groups is 2. The normalized spacial score (nSPS) is 10.2. The van der Waals surface area contributed by atoms with Crippen molar-refractivity contribution in [2.24, 2.45) is 0 Å². The van der Waals surface area contributed by atoms with Crippen LogP contribution in [0.5, 0.6) is 5.75 Å². The van der Waals surface area contributed by atoms with Crippen molar-refractivity contribution >= 4 is 23.2 Å². The Hall–Kier alpha value is -3.74. The van der Waals surface area contributed by atoms with E-state index in [1.54, 1.807) is 42.7 Å². The first kappa shape index (κ1) is 19.0. The van der Waals surface area contributed by atoms with Gasteiger partial charge in [-0.15, -0.1) is 0 Å². The van der Waals surface area contributed by atoms with Crippen molar-refractivity contribution in [1.29, 1.82) is 0 Å². The van der Waals surface area contributed by atoms with Gasteiger partial charge >= 0.3 is 0 Å². The van der Waals surface area contributed by atoms with Crippen molar-refractivity contribution in [1.82, 2.24) is 9.97 Å². The SMILES string of the molecule is COc1cc(NC(=O)Cc2ccc(C)nc2)ccc1NC(=O)c1cccnc1. The molecule has 0 aliphatic heterocycles. The van der Waals surface area contributed by atoms with Crippen LogP contribution in [-0.2, 0) is 11.2 Å². The lowest BCUT2D eigenvalue weighted by Gasteiger charge is -2.13. The summed E-state index contributed by atoms with van der Waals surface area (Å²) in [5, 5.41) is 5.60. The molecule has 142 valence electrons. The number of anilines is 2. The van der Waals surface area contributed by atoms with E-state index in [0.29, 0.717) is 22.7 Å². The number of methoxy groups -OCH3 is 1. The Labute approximate surface area is 162 Å². The van der Waals surface area contributed by atoms with E-state index in [4.69, 9.17) is 4.74 Å². The van der Waals surface area contributed by atoms with Gasteiger partial charge in [0.1, 0.15) is 5.75 Å². The number of nitrogens with one attached hydrogen (secondary N) is 2. The lowest BCUT2D eigenvalue weighted by molar-refractivity contribution is -0.115. The first-order valence-corrected chi connectivity index (χ1v) is 8.66. The highest BCUT2D eigenvalue weighted by molar-refractivity contribution is 6.05. The highest BCUT2D eigenvalue weighted by Crippen LogP contribution is 2.28. The number of ether oxygens (including phenoxy) is 1. The van der Waals surface area contributed by atoms with E-state index in [-0.39, 0.29) is 18.2 Å². The molecule has 0 bridgehead atoms. The highest BCUT2D eigenvalue weighted by Gasteiger charge is 2.12. The number of carbonyl (C=O) groups excluding carboxylic acids is 2. The van der Waals surface area contributed by atoms with Crippen LogP contribution in [0, 0.1) is 6.92 Å². The Morgan fingerprint density at radius 1 is 1.07 bits per heavy atom. The Kier molecular flexibility index (Phi) is 5.96. The van der Waals surface area contributed by atoms with Gasteiger partial charge in [-0.1, -0.05) is 6.07 Å². The molecule has 7 heteroatoms. The summed E-state index contributed by atoms with van der Waals surface area (Å²) in [5.41, 5.74) is 3.24. The summed E-state index contributed by atoms with van der Waals surface area (Å²) in [4.78, 5) is 32.7. The molecule has 7 nitrogen and oxygen atoms in total. The second-order valence-electron chi connectivity index (χ2n) is 6.14. The van der Waals surface area contributed by atoms with Crippen molar-refractivity contribution in [3.63, 3.8) is 0 Å². The molecule has 0 aliphatic rings. The number of nitrogens with zero attached hydrogens (tertiary/aromatic N) is 2. The second kappa shape index (κ2) is 8.77. The van der Waals surface area contributed by atoms with Gasteiger partial charge < -0.3 is 15.4 Å². The fourth-order valence-corrected chi connectivity index (χ4v) is 2.56. The standard InChI is InChI=1S/C21H20N4O3/c1-14-5-6-15(12-23-14)10-20(26)24-17-7-8-18(19(11-17)28-2)25-21(27)16-4-3-9-22-13-16/h3-9,11-13H,10H2,1-2H3,(H,24,26)(H,25,27). The topological polar surface area (TPSA) is 93.2 Å². The summed E-state index contributed by atoms with van der Waals surface area (Å²) < 4.78 is 5.34. The molecule has 2 aromatic heterocycles.